The van der Waals surface area contributed by atoms with Gasteiger partial charge in [-0.1, -0.05) is 0 Å². The summed E-state index contributed by atoms with van der Waals surface area (Å²) in [4.78, 5) is 16.6. The summed E-state index contributed by atoms with van der Waals surface area (Å²) in [6.07, 6.45) is 6.09. The first kappa shape index (κ1) is 10.9. The third-order valence-electron chi connectivity index (χ3n) is 3.05. The summed E-state index contributed by atoms with van der Waals surface area (Å²) >= 11 is 0. The lowest BCUT2D eigenvalue weighted by Gasteiger charge is -2.13. The summed E-state index contributed by atoms with van der Waals surface area (Å²) in [7, 11) is 1.50. The molecule has 2 aromatic rings. The summed E-state index contributed by atoms with van der Waals surface area (Å²) in [5.41, 5.74) is 7.93. The number of nitrogens with two attached hydrogens (primary N) is 1. The molecule has 2 N–H and O–H groups in total. The molecule has 1 aliphatic carbocycles. The summed E-state index contributed by atoms with van der Waals surface area (Å²) in [5, 5.41) is 0. The minimum absolute atomic E-state index is 0.148. The van der Waals surface area contributed by atoms with E-state index in [2.05, 4.69) is 19.9 Å². The molecule has 0 aliphatic heterocycles. The van der Waals surface area contributed by atoms with Gasteiger partial charge in [0.2, 0.25) is 11.9 Å². The Morgan fingerprint density at radius 3 is 2.89 bits per heavy atom. The monoisotopic (exact) mass is 246 g/mol. The Balaban J connectivity index is 2.09. The average Bonchev–Trinajstić information content (AvgIpc) is 2.81. The van der Waals surface area contributed by atoms with Crippen molar-refractivity contribution in [1.29, 1.82) is 0 Å². The number of imidazole rings is 1. The Bertz CT molecular complexity index is 579. The Kier molecular flexibility index (Phi) is 2.58. The van der Waals surface area contributed by atoms with E-state index in [0.29, 0.717) is 5.95 Å². The van der Waals surface area contributed by atoms with Gasteiger partial charge in [0.25, 0.3) is 0 Å². The number of hydrogen-bond acceptors (Lipinski definition) is 6. The number of aryl methyl sites for hydroxylation is 1. The van der Waals surface area contributed by atoms with Gasteiger partial charge in [-0.3, -0.25) is 4.57 Å². The van der Waals surface area contributed by atoms with Gasteiger partial charge in [-0.05, 0) is 25.7 Å². The van der Waals surface area contributed by atoms with Gasteiger partial charge in [0, 0.05) is 5.69 Å². The first-order chi connectivity index (χ1) is 8.78. The number of hydrogen-bond donors (Lipinski definition) is 1. The Labute approximate surface area is 104 Å². The SMILES string of the molecule is COc1nc(N)nc(-n2cnc3c2CCCC3)n1. The maximum absolute atomic E-state index is 5.64. The second kappa shape index (κ2) is 4.25. The van der Waals surface area contributed by atoms with Gasteiger partial charge in [-0.25, -0.2) is 4.98 Å². The van der Waals surface area contributed by atoms with Crippen LogP contribution in [-0.4, -0.2) is 31.6 Å². The first-order valence-corrected chi connectivity index (χ1v) is 5.89. The summed E-state index contributed by atoms with van der Waals surface area (Å²) in [5.74, 6) is 0.616. The quantitative estimate of drug-likeness (QED) is 0.830. The van der Waals surface area contributed by atoms with Gasteiger partial charge in [0.1, 0.15) is 6.33 Å². The van der Waals surface area contributed by atoms with Gasteiger partial charge in [0.05, 0.1) is 12.8 Å². The zero-order valence-electron chi connectivity index (χ0n) is 10.1. The molecule has 0 saturated heterocycles. The Hall–Kier alpha value is -2.18. The Morgan fingerprint density at radius 2 is 2.06 bits per heavy atom. The van der Waals surface area contributed by atoms with E-state index in [1.807, 2.05) is 4.57 Å². The van der Waals surface area contributed by atoms with E-state index in [9.17, 15) is 0 Å². The molecule has 0 aromatic carbocycles. The summed E-state index contributed by atoms with van der Waals surface area (Å²) in [6.45, 7) is 0. The van der Waals surface area contributed by atoms with Crippen LogP contribution in [0.3, 0.4) is 0 Å². The average molecular weight is 246 g/mol. The van der Waals surface area contributed by atoms with Crippen LogP contribution >= 0.6 is 0 Å². The number of nitrogens with zero attached hydrogens (tertiary/aromatic N) is 5. The third kappa shape index (κ3) is 1.77. The second-order valence-corrected chi connectivity index (χ2v) is 4.20. The zero-order chi connectivity index (χ0) is 12.5. The number of rotatable bonds is 2. The van der Waals surface area contributed by atoms with Gasteiger partial charge < -0.3 is 10.5 Å². The van der Waals surface area contributed by atoms with Crippen molar-refractivity contribution in [2.45, 2.75) is 25.7 Å². The molecule has 1 aliphatic rings. The molecule has 2 aromatic heterocycles. The third-order valence-corrected chi connectivity index (χ3v) is 3.05. The van der Waals surface area contributed by atoms with Crippen molar-refractivity contribution in [3.05, 3.63) is 17.7 Å². The summed E-state index contributed by atoms with van der Waals surface area (Å²) in [6, 6.07) is 0.218. The highest BCUT2D eigenvalue weighted by Crippen LogP contribution is 2.22. The predicted octanol–water partition coefficient (Wildman–Crippen LogP) is 0.527. The van der Waals surface area contributed by atoms with Crippen molar-refractivity contribution in [2.24, 2.45) is 0 Å². The van der Waals surface area contributed by atoms with Crippen LogP contribution in [-0.2, 0) is 12.8 Å². The van der Waals surface area contributed by atoms with E-state index in [1.165, 1.54) is 13.5 Å². The van der Waals surface area contributed by atoms with Crippen LogP contribution in [0.15, 0.2) is 6.33 Å². The molecule has 0 spiro atoms. The highest BCUT2D eigenvalue weighted by atomic mass is 16.5. The number of ether oxygens (including phenoxy) is 1. The van der Waals surface area contributed by atoms with Crippen molar-refractivity contribution in [1.82, 2.24) is 24.5 Å². The molecule has 0 fully saturated rings. The number of nitrogen functional groups attached to an aromatic ring is 1. The van der Waals surface area contributed by atoms with Crippen LogP contribution in [0.25, 0.3) is 5.95 Å². The van der Waals surface area contributed by atoms with Crippen LogP contribution in [0.1, 0.15) is 24.2 Å². The fourth-order valence-electron chi connectivity index (χ4n) is 2.20. The lowest BCUT2D eigenvalue weighted by molar-refractivity contribution is 0.378. The lowest BCUT2D eigenvalue weighted by Crippen LogP contribution is -2.11. The van der Waals surface area contributed by atoms with Crippen LogP contribution in [0, 0.1) is 0 Å². The molecule has 18 heavy (non-hydrogen) atoms. The molecule has 7 heteroatoms. The van der Waals surface area contributed by atoms with Crippen LogP contribution in [0.2, 0.25) is 0 Å². The number of anilines is 1. The summed E-state index contributed by atoms with van der Waals surface area (Å²) < 4.78 is 6.87. The molecule has 94 valence electrons. The molecule has 0 saturated carbocycles. The van der Waals surface area contributed by atoms with Crippen molar-refractivity contribution in [3.63, 3.8) is 0 Å². The van der Waals surface area contributed by atoms with Gasteiger partial charge in [-0.2, -0.15) is 15.0 Å². The largest absolute Gasteiger partial charge is 0.467 e. The molecular weight excluding hydrogens is 232 g/mol. The fraction of sp³-hybridized carbons (Fsp3) is 0.455. The Morgan fingerprint density at radius 1 is 1.22 bits per heavy atom. The fourth-order valence-corrected chi connectivity index (χ4v) is 2.20. The predicted molar refractivity (Wildman–Crippen MR) is 64.6 cm³/mol. The zero-order valence-corrected chi connectivity index (χ0v) is 10.1. The minimum Gasteiger partial charge on any atom is -0.467 e. The number of aromatic nitrogens is 5. The van der Waals surface area contributed by atoms with Gasteiger partial charge in [-0.15, -0.1) is 0 Å². The van der Waals surface area contributed by atoms with E-state index in [-0.39, 0.29) is 12.0 Å². The first-order valence-electron chi connectivity index (χ1n) is 5.89. The molecule has 0 atom stereocenters. The van der Waals surface area contributed by atoms with E-state index in [1.54, 1.807) is 6.33 Å². The molecule has 0 amide bonds. The van der Waals surface area contributed by atoms with E-state index >= 15 is 0 Å². The van der Waals surface area contributed by atoms with E-state index in [0.717, 1.165) is 30.7 Å². The topological polar surface area (TPSA) is 91.7 Å². The highest BCUT2D eigenvalue weighted by molar-refractivity contribution is 5.30. The van der Waals surface area contributed by atoms with E-state index < -0.39 is 0 Å². The molecular formula is C11H14N6O. The van der Waals surface area contributed by atoms with Crippen molar-refractivity contribution < 1.29 is 4.74 Å². The van der Waals surface area contributed by atoms with Crippen LogP contribution in [0.4, 0.5) is 5.95 Å². The molecule has 0 radical (unpaired) electrons. The smallest absolute Gasteiger partial charge is 0.322 e. The van der Waals surface area contributed by atoms with Crippen molar-refractivity contribution >= 4 is 5.95 Å². The van der Waals surface area contributed by atoms with Crippen molar-refractivity contribution in [3.8, 4) is 12.0 Å². The molecule has 2 heterocycles. The number of fused-ring (bicyclic) bond motifs is 1. The molecule has 0 unspecified atom stereocenters. The highest BCUT2D eigenvalue weighted by Gasteiger charge is 2.18. The van der Waals surface area contributed by atoms with Gasteiger partial charge in [0.15, 0.2) is 0 Å². The normalized spacial score (nSPS) is 14.3. The van der Waals surface area contributed by atoms with Crippen LogP contribution in [0.5, 0.6) is 6.01 Å². The molecule has 0 bridgehead atoms. The van der Waals surface area contributed by atoms with Crippen molar-refractivity contribution in [2.75, 3.05) is 12.8 Å². The van der Waals surface area contributed by atoms with Gasteiger partial charge >= 0.3 is 6.01 Å². The number of methoxy groups -OCH3 is 1. The molecule has 7 nitrogen and oxygen atoms in total. The second-order valence-electron chi connectivity index (χ2n) is 4.20. The van der Waals surface area contributed by atoms with E-state index in [4.69, 9.17) is 10.5 Å². The standard InChI is InChI=1S/C11H14N6O/c1-18-11-15-9(12)14-10(16-11)17-6-13-7-4-2-3-5-8(7)17/h6H,2-5H2,1H3,(H2,12,14,15,16). The maximum Gasteiger partial charge on any atom is 0.322 e. The maximum atomic E-state index is 5.64. The van der Waals surface area contributed by atoms with Crippen LogP contribution < -0.4 is 10.5 Å². The minimum atomic E-state index is 0.148. The lowest BCUT2D eigenvalue weighted by atomic mass is 10.0. The molecule has 3 rings (SSSR count).